The Morgan fingerprint density at radius 1 is 1.05 bits per heavy atom. The van der Waals surface area contributed by atoms with E-state index in [9.17, 15) is 16.8 Å². The molecule has 0 spiro atoms. The Labute approximate surface area is 115 Å². The highest BCUT2D eigenvalue weighted by Gasteiger charge is 2.24. The monoisotopic (exact) mass is 314 g/mol. The Morgan fingerprint density at radius 3 is 2.35 bits per heavy atom. The molecule has 106 valence electrons. The molecule has 0 radical (unpaired) electrons. The van der Waals surface area contributed by atoms with E-state index in [0.717, 1.165) is 6.26 Å². The molecule has 0 aliphatic carbocycles. The zero-order valence-corrected chi connectivity index (χ0v) is 12.0. The highest BCUT2D eigenvalue weighted by Crippen LogP contribution is 2.16. The van der Waals surface area contributed by atoms with Crippen LogP contribution in [0.5, 0.6) is 0 Å². The van der Waals surface area contributed by atoms with E-state index in [1.54, 1.807) is 0 Å². The van der Waals surface area contributed by atoms with Crippen LogP contribution >= 0.6 is 0 Å². The third-order valence-electron chi connectivity index (χ3n) is 2.28. The highest BCUT2D eigenvalue weighted by molar-refractivity contribution is 7.91. The zero-order valence-electron chi connectivity index (χ0n) is 10.3. The molecule has 2 aromatic rings. The molecule has 20 heavy (non-hydrogen) atoms. The molecule has 0 aromatic carbocycles. The predicted octanol–water partition coefficient (Wildman–Crippen LogP) is -0.356. The van der Waals surface area contributed by atoms with E-state index in [2.05, 4.69) is 20.2 Å². The van der Waals surface area contributed by atoms with E-state index in [1.807, 2.05) is 0 Å². The van der Waals surface area contributed by atoms with Crippen LogP contribution in [-0.4, -0.2) is 43.3 Å². The SMILES string of the molecule is CS(=O)(=O)c1nccnc1CS(=O)(=O)c1cccnn1. The van der Waals surface area contributed by atoms with Gasteiger partial charge in [0.25, 0.3) is 0 Å². The number of hydrogen-bond acceptors (Lipinski definition) is 8. The van der Waals surface area contributed by atoms with Crippen molar-refractivity contribution >= 4 is 19.7 Å². The minimum atomic E-state index is -3.84. The molecular weight excluding hydrogens is 304 g/mol. The summed E-state index contributed by atoms with van der Waals surface area (Å²) >= 11 is 0. The van der Waals surface area contributed by atoms with Gasteiger partial charge in [-0.2, -0.15) is 5.10 Å². The van der Waals surface area contributed by atoms with Crippen molar-refractivity contribution < 1.29 is 16.8 Å². The molecule has 0 saturated carbocycles. The summed E-state index contributed by atoms with van der Waals surface area (Å²) in [5.41, 5.74) is -0.138. The maximum Gasteiger partial charge on any atom is 0.203 e. The van der Waals surface area contributed by atoms with Gasteiger partial charge in [-0.1, -0.05) is 0 Å². The minimum Gasteiger partial charge on any atom is -0.256 e. The van der Waals surface area contributed by atoms with Gasteiger partial charge in [0.05, 0.1) is 5.69 Å². The Kier molecular flexibility index (Phi) is 3.77. The van der Waals surface area contributed by atoms with Gasteiger partial charge < -0.3 is 0 Å². The van der Waals surface area contributed by atoms with Crippen LogP contribution in [0.15, 0.2) is 40.8 Å². The van der Waals surface area contributed by atoms with Crippen molar-refractivity contribution in [2.75, 3.05) is 6.26 Å². The lowest BCUT2D eigenvalue weighted by Crippen LogP contribution is -2.13. The van der Waals surface area contributed by atoms with E-state index < -0.39 is 25.4 Å². The molecule has 0 amide bonds. The van der Waals surface area contributed by atoms with Gasteiger partial charge in [0.2, 0.25) is 9.84 Å². The second kappa shape index (κ2) is 5.21. The normalized spacial score (nSPS) is 12.2. The van der Waals surface area contributed by atoms with Crippen molar-refractivity contribution in [3.05, 3.63) is 36.4 Å². The molecule has 2 aromatic heterocycles. The molecule has 0 atom stereocenters. The van der Waals surface area contributed by atoms with Gasteiger partial charge in [0.1, 0.15) is 5.75 Å². The molecule has 0 aliphatic rings. The first-order valence-electron chi connectivity index (χ1n) is 5.31. The molecule has 0 saturated heterocycles. The van der Waals surface area contributed by atoms with Gasteiger partial charge in [-0.15, -0.1) is 5.10 Å². The van der Waals surface area contributed by atoms with Gasteiger partial charge in [-0.3, -0.25) is 4.98 Å². The summed E-state index contributed by atoms with van der Waals surface area (Å²) in [5.74, 6) is -0.609. The fourth-order valence-electron chi connectivity index (χ4n) is 1.47. The van der Waals surface area contributed by atoms with E-state index >= 15 is 0 Å². The van der Waals surface area contributed by atoms with Crippen LogP contribution in [0.1, 0.15) is 5.69 Å². The van der Waals surface area contributed by atoms with Crippen LogP contribution in [0.25, 0.3) is 0 Å². The zero-order chi connectivity index (χ0) is 14.8. The first-order chi connectivity index (χ1) is 9.31. The minimum absolute atomic E-state index is 0.138. The van der Waals surface area contributed by atoms with Crippen LogP contribution in [-0.2, 0) is 25.4 Å². The lowest BCUT2D eigenvalue weighted by atomic mass is 10.5. The third-order valence-corrected chi connectivity index (χ3v) is 4.83. The molecule has 10 heteroatoms. The molecule has 0 unspecified atom stereocenters. The first-order valence-corrected chi connectivity index (χ1v) is 8.85. The molecule has 0 bridgehead atoms. The number of nitrogens with zero attached hydrogens (tertiary/aromatic N) is 4. The molecular formula is C10H10N4O4S2. The number of rotatable bonds is 4. The summed E-state index contributed by atoms with van der Waals surface area (Å²) in [6.45, 7) is 0. The van der Waals surface area contributed by atoms with Crippen LogP contribution < -0.4 is 0 Å². The Hall–Kier alpha value is -1.94. The lowest BCUT2D eigenvalue weighted by molar-refractivity contribution is 0.586. The van der Waals surface area contributed by atoms with Crippen molar-refractivity contribution in [2.24, 2.45) is 0 Å². The van der Waals surface area contributed by atoms with Gasteiger partial charge in [0.15, 0.2) is 19.9 Å². The van der Waals surface area contributed by atoms with Gasteiger partial charge in [0, 0.05) is 24.8 Å². The fourth-order valence-corrected chi connectivity index (χ4v) is 3.54. The second-order valence-electron chi connectivity index (χ2n) is 3.90. The average molecular weight is 314 g/mol. The van der Waals surface area contributed by atoms with Crippen LogP contribution in [0.4, 0.5) is 0 Å². The smallest absolute Gasteiger partial charge is 0.203 e. The Morgan fingerprint density at radius 2 is 1.75 bits per heavy atom. The van der Waals surface area contributed by atoms with Crippen LogP contribution in [0, 0.1) is 0 Å². The van der Waals surface area contributed by atoms with E-state index in [0.29, 0.717) is 0 Å². The van der Waals surface area contributed by atoms with E-state index in [-0.39, 0.29) is 15.7 Å². The maximum atomic E-state index is 12.1. The summed E-state index contributed by atoms with van der Waals surface area (Å²) < 4.78 is 47.3. The number of aromatic nitrogens is 4. The predicted molar refractivity (Wildman–Crippen MR) is 68.1 cm³/mol. The number of hydrogen-bond donors (Lipinski definition) is 0. The quantitative estimate of drug-likeness (QED) is 0.750. The van der Waals surface area contributed by atoms with E-state index in [1.165, 1.54) is 30.7 Å². The van der Waals surface area contributed by atoms with Gasteiger partial charge >= 0.3 is 0 Å². The van der Waals surface area contributed by atoms with Crippen LogP contribution in [0.3, 0.4) is 0 Å². The Balaban J connectivity index is 2.46. The van der Waals surface area contributed by atoms with Crippen LogP contribution in [0.2, 0.25) is 0 Å². The van der Waals surface area contributed by atoms with Crippen molar-refractivity contribution in [3.63, 3.8) is 0 Å². The number of sulfone groups is 2. The lowest BCUT2D eigenvalue weighted by Gasteiger charge is -2.06. The largest absolute Gasteiger partial charge is 0.256 e. The standard InChI is InChI=1S/C10H10N4O4S2/c1-19(15,16)10-8(11-5-6-12-10)7-20(17,18)9-3-2-4-13-14-9/h2-6H,7H2,1H3. The average Bonchev–Trinajstić information content (AvgIpc) is 2.39. The van der Waals surface area contributed by atoms with E-state index in [4.69, 9.17) is 0 Å². The maximum absolute atomic E-state index is 12.1. The first kappa shape index (κ1) is 14.5. The van der Waals surface area contributed by atoms with Gasteiger partial charge in [-0.25, -0.2) is 21.8 Å². The molecule has 8 nitrogen and oxygen atoms in total. The third kappa shape index (κ3) is 3.14. The molecule has 0 fully saturated rings. The highest BCUT2D eigenvalue weighted by atomic mass is 32.2. The second-order valence-corrected chi connectivity index (χ2v) is 7.77. The summed E-state index contributed by atoms with van der Waals surface area (Å²) in [6, 6.07) is 2.70. The fraction of sp³-hybridized carbons (Fsp3) is 0.200. The van der Waals surface area contributed by atoms with Crippen molar-refractivity contribution in [1.29, 1.82) is 0 Å². The Bertz CT molecular complexity index is 819. The summed E-state index contributed by atoms with van der Waals surface area (Å²) in [6.07, 6.45) is 4.70. The molecule has 0 aliphatic heterocycles. The molecule has 2 rings (SSSR count). The summed E-state index contributed by atoms with van der Waals surface area (Å²) in [5, 5.41) is 6.38. The van der Waals surface area contributed by atoms with Crippen molar-refractivity contribution in [3.8, 4) is 0 Å². The van der Waals surface area contributed by atoms with Crippen molar-refractivity contribution in [1.82, 2.24) is 20.2 Å². The summed E-state index contributed by atoms with van der Waals surface area (Å²) in [7, 11) is -7.50. The van der Waals surface area contributed by atoms with Crippen molar-refractivity contribution in [2.45, 2.75) is 15.8 Å². The summed E-state index contributed by atoms with van der Waals surface area (Å²) in [4.78, 5) is 7.46. The molecule has 2 heterocycles. The van der Waals surface area contributed by atoms with Gasteiger partial charge in [-0.05, 0) is 12.1 Å². The molecule has 0 N–H and O–H groups in total. The topological polar surface area (TPSA) is 120 Å².